The van der Waals surface area contributed by atoms with Gasteiger partial charge in [0, 0.05) is 31.7 Å². The first-order valence-electron chi connectivity index (χ1n) is 7.25. The van der Waals surface area contributed by atoms with Crippen molar-refractivity contribution in [1.29, 1.82) is 0 Å². The summed E-state index contributed by atoms with van der Waals surface area (Å²) < 4.78 is 0. The Balaban J connectivity index is 1.89. The van der Waals surface area contributed by atoms with Crippen LogP contribution >= 0.6 is 0 Å². The van der Waals surface area contributed by atoms with Gasteiger partial charge in [0.1, 0.15) is 0 Å². The zero-order valence-electron chi connectivity index (χ0n) is 10.9. The van der Waals surface area contributed by atoms with E-state index in [1.54, 1.807) is 0 Å². The number of hydrogen-bond donors (Lipinski definition) is 2. The summed E-state index contributed by atoms with van der Waals surface area (Å²) in [5, 5.41) is 19.3. The van der Waals surface area contributed by atoms with Gasteiger partial charge in [0.25, 0.3) is 0 Å². The van der Waals surface area contributed by atoms with E-state index < -0.39 is 0 Å². The lowest BCUT2D eigenvalue weighted by molar-refractivity contribution is 0.0247. The summed E-state index contributed by atoms with van der Waals surface area (Å²) in [5.41, 5.74) is 0.152. The van der Waals surface area contributed by atoms with Crippen LogP contribution in [-0.4, -0.2) is 47.5 Å². The molecule has 3 heteroatoms. The highest BCUT2D eigenvalue weighted by atomic mass is 16.3. The molecule has 3 nitrogen and oxygen atoms in total. The third-order valence-corrected chi connectivity index (χ3v) is 4.62. The van der Waals surface area contributed by atoms with Gasteiger partial charge in [-0.3, -0.25) is 0 Å². The van der Waals surface area contributed by atoms with Crippen LogP contribution in [0.15, 0.2) is 0 Å². The maximum absolute atomic E-state index is 9.77. The van der Waals surface area contributed by atoms with E-state index in [1.165, 1.54) is 38.5 Å². The van der Waals surface area contributed by atoms with Crippen molar-refractivity contribution in [2.45, 2.75) is 57.5 Å². The monoisotopic (exact) mass is 241 g/mol. The summed E-state index contributed by atoms with van der Waals surface area (Å²) in [5.74, 6) is 0. The zero-order valence-corrected chi connectivity index (χ0v) is 10.9. The Bertz CT molecular complexity index is 216. The van der Waals surface area contributed by atoms with Crippen molar-refractivity contribution in [2.75, 3.05) is 26.2 Å². The Morgan fingerprint density at radius 1 is 1.00 bits per heavy atom. The second kappa shape index (κ2) is 6.17. The molecule has 100 valence electrons. The molecule has 2 rings (SSSR count). The third-order valence-electron chi connectivity index (χ3n) is 4.62. The fourth-order valence-corrected chi connectivity index (χ4v) is 3.40. The molecule has 0 unspecified atom stereocenters. The molecule has 0 aromatic rings. The SMILES string of the molecule is OCC1(CN2CCC(O)CC2)CCCCCC1. The largest absolute Gasteiger partial charge is 0.396 e. The summed E-state index contributed by atoms with van der Waals surface area (Å²) in [6.45, 7) is 3.38. The number of aliphatic hydroxyl groups is 2. The minimum atomic E-state index is -0.0922. The van der Waals surface area contributed by atoms with Gasteiger partial charge < -0.3 is 15.1 Å². The standard InChI is InChI=1S/C14H27NO2/c16-12-14(7-3-1-2-4-8-14)11-15-9-5-13(17)6-10-15/h13,16-17H,1-12H2. The number of aliphatic hydroxyl groups excluding tert-OH is 2. The van der Waals surface area contributed by atoms with Crippen LogP contribution in [0.5, 0.6) is 0 Å². The van der Waals surface area contributed by atoms with Crippen LogP contribution in [0.25, 0.3) is 0 Å². The van der Waals surface area contributed by atoms with E-state index in [2.05, 4.69) is 4.90 Å². The number of hydrogen-bond acceptors (Lipinski definition) is 3. The van der Waals surface area contributed by atoms with E-state index in [4.69, 9.17) is 0 Å². The summed E-state index contributed by atoms with van der Waals surface area (Å²) in [4.78, 5) is 2.45. The first-order chi connectivity index (χ1) is 8.24. The molecule has 2 aliphatic rings. The molecule has 1 heterocycles. The van der Waals surface area contributed by atoms with Crippen molar-refractivity contribution in [3.05, 3.63) is 0 Å². The maximum Gasteiger partial charge on any atom is 0.0564 e. The first-order valence-corrected chi connectivity index (χ1v) is 7.25. The van der Waals surface area contributed by atoms with Crippen molar-refractivity contribution in [1.82, 2.24) is 4.90 Å². The topological polar surface area (TPSA) is 43.7 Å². The van der Waals surface area contributed by atoms with Crippen LogP contribution in [0.3, 0.4) is 0 Å². The van der Waals surface area contributed by atoms with Gasteiger partial charge in [-0.15, -0.1) is 0 Å². The highest BCUT2D eigenvalue weighted by molar-refractivity contribution is 4.86. The van der Waals surface area contributed by atoms with Crippen molar-refractivity contribution in [3.63, 3.8) is 0 Å². The molecule has 17 heavy (non-hydrogen) atoms. The van der Waals surface area contributed by atoms with Crippen molar-refractivity contribution in [2.24, 2.45) is 5.41 Å². The molecule has 0 atom stereocenters. The Hall–Kier alpha value is -0.120. The molecule has 0 aromatic heterocycles. The molecular weight excluding hydrogens is 214 g/mol. The molecule has 0 amide bonds. The van der Waals surface area contributed by atoms with Gasteiger partial charge in [-0.05, 0) is 25.7 Å². The summed E-state index contributed by atoms with van der Waals surface area (Å²) in [7, 11) is 0. The average Bonchev–Trinajstić information content (AvgIpc) is 2.58. The van der Waals surface area contributed by atoms with E-state index in [0.29, 0.717) is 6.61 Å². The highest BCUT2D eigenvalue weighted by Crippen LogP contribution is 2.36. The fourth-order valence-electron chi connectivity index (χ4n) is 3.40. The Morgan fingerprint density at radius 3 is 2.12 bits per heavy atom. The van der Waals surface area contributed by atoms with Gasteiger partial charge in [0.2, 0.25) is 0 Å². The van der Waals surface area contributed by atoms with Crippen molar-refractivity contribution >= 4 is 0 Å². The van der Waals surface area contributed by atoms with E-state index in [9.17, 15) is 10.2 Å². The number of nitrogens with zero attached hydrogens (tertiary/aromatic N) is 1. The lowest BCUT2D eigenvalue weighted by atomic mass is 9.80. The average molecular weight is 241 g/mol. The first kappa shape index (κ1) is 13.3. The maximum atomic E-state index is 9.77. The summed E-state index contributed by atoms with van der Waals surface area (Å²) in [6, 6.07) is 0. The quantitative estimate of drug-likeness (QED) is 0.740. The van der Waals surface area contributed by atoms with E-state index in [0.717, 1.165) is 32.5 Å². The lowest BCUT2D eigenvalue weighted by Crippen LogP contribution is -2.44. The minimum absolute atomic E-state index is 0.0922. The van der Waals surface area contributed by atoms with Gasteiger partial charge in [0.15, 0.2) is 0 Å². The predicted molar refractivity (Wildman–Crippen MR) is 68.9 cm³/mol. The van der Waals surface area contributed by atoms with Crippen LogP contribution in [0.4, 0.5) is 0 Å². The molecule has 1 saturated carbocycles. The van der Waals surface area contributed by atoms with E-state index in [-0.39, 0.29) is 11.5 Å². The Labute approximate surface area is 105 Å². The number of rotatable bonds is 3. The predicted octanol–water partition coefficient (Wildman–Crippen LogP) is 1.78. The third kappa shape index (κ3) is 3.67. The van der Waals surface area contributed by atoms with Gasteiger partial charge in [-0.1, -0.05) is 25.7 Å². The molecule has 0 radical (unpaired) electrons. The van der Waals surface area contributed by atoms with Crippen LogP contribution in [-0.2, 0) is 0 Å². The summed E-state index contributed by atoms with van der Waals surface area (Å²) >= 11 is 0. The van der Waals surface area contributed by atoms with E-state index >= 15 is 0 Å². The van der Waals surface area contributed by atoms with E-state index in [1.807, 2.05) is 0 Å². The molecule has 1 saturated heterocycles. The van der Waals surface area contributed by atoms with Gasteiger partial charge in [0.05, 0.1) is 6.10 Å². The molecule has 2 N–H and O–H groups in total. The zero-order chi connectivity index (χ0) is 12.1. The molecule has 0 spiro atoms. The van der Waals surface area contributed by atoms with Crippen LogP contribution in [0, 0.1) is 5.41 Å². The molecule has 1 aliphatic heterocycles. The fraction of sp³-hybridized carbons (Fsp3) is 1.00. The summed E-state index contributed by atoms with van der Waals surface area (Å²) in [6.07, 6.45) is 9.30. The van der Waals surface area contributed by atoms with Gasteiger partial charge in [-0.2, -0.15) is 0 Å². The molecule has 1 aliphatic carbocycles. The second-order valence-electron chi connectivity index (χ2n) is 6.08. The van der Waals surface area contributed by atoms with Crippen molar-refractivity contribution < 1.29 is 10.2 Å². The van der Waals surface area contributed by atoms with Crippen LogP contribution in [0.2, 0.25) is 0 Å². The molecule has 0 bridgehead atoms. The van der Waals surface area contributed by atoms with Crippen LogP contribution in [0.1, 0.15) is 51.4 Å². The highest BCUT2D eigenvalue weighted by Gasteiger charge is 2.33. The van der Waals surface area contributed by atoms with Gasteiger partial charge in [-0.25, -0.2) is 0 Å². The lowest BCUT2D eigenvalue weighted by Gasteiger charge is -2.39. The smallest absolute Gasteiger partial charge is 0.0564 e. The normalized spacial score (nSPS) is 27.9. The number of piperidine rings is 1. The molecular formula is C14H27NO2. The molecule has 0 aromatic carbocycles. The Morgan fingerprint density at radius 2 is 1.59 bits per heavy atom. The van der Waals surface area contributed by atoms with Crippen molar-refractivity contribution in [3.8, 4) is 0 Å². The molecule has 2 fully saturated rings. The minimum Gasteiger partial charge on any atom is -0.396 e. The van der Waals surface area contributed by atoms with Gasteiger partial charge >= 0.3 is 0 Å². The number of likely N-dealkylation sites (tertiary alicyclic amines) is 1. The Kier molecular flexibility index (Phi) is 4.83. The second-order valence-corrected chi connectivity index (χ2v) is 6.08. The van der Waals surface area contributed by atoms with Crippen LogP contribution < -0.4 is 0 Å².